The molecular weight excluding hydrogens is 246 g/mol. The Hall–Kier alpha value is -1.04. The standard InChI is InChI=1S/C13H21N3OS/c1-10(9-18-3)16(2)8-11-5-4-6-12(7-11)13(17)15-14/h4-7,10H,8-9,14H2,1-3H3,(H,15,17). The Morgan fingerprint density at radius 1 is 1.56 bits per heavy atom. The Morgan fingerprint density at radius 2 is 2.28 bits per heavy atom. The summed E-state index contributed by atoms with van der Waals surface area (Å²) < 4.78 is 0. The average molecular weight is 267 g/mol. The van der Waals surface area contributed by atoms with E-state index in [1.165, 1.54) is 0 Å². The van der Waals surface area contributed by atoms with E-state index in [-0.39, 0.29) is 5.91 Å². The summed E-state index contributed by atoms with van der Waals surface area (Å²) in [6.07, 6.45) is 2.11. The number of nitrogens with two attached hydrogens (primary N) is 1. The van der Waals surface area contributed by atoms with Gasteiger partial charge in [0.15, 0.2) is 0 Å². The summed E-state index contributed by atoms with van der Waals surface area (Å²) in [5.74, 6) is 5.97. The molecule has 18 heavy (non-hydrogen) atoms. The van der Waals surface area contributed by atoms with Gasteiger partial charge in [-0.2, -0.15) is 11.8 Å². The van der Waals surface area contributed by atoms with Crippen LogP contribution < -0.4 is 11.3 Å². The lowest BCUT2D eigenvalue weighted by Crippen LogP contribution is -2.31. The quantitative estimate of drug-likeness (QED) is 0.465. The summed E-state index contributed by atoms with van der Waals surface area (Å²) in [4.78, 5) is 13.7. The SMILES string of the molecule is CSCC(C)N(C)Cc1cccc(C(=O)NN)c1. The summed E-state index contributed by atoms with van der Waals surface area (Å²) in [6, 6.07) is 8.05. The van der Waals surface area contributed by atoms with Crippen LogP contribution in [0, 0.1) is 0 Å². The summed E-state index contributed by atoms with van der Waals surface area (Å²) in [5.41, 5.74) is 3.86. The van der Waals surface area contributed by atoms with Crippen molar-refractivity contribution in [1.29, 1.82) is 0 Å². The molecule has 0 spiro atoms. The number of thioether (sulfide) groups is 1. The molecule has 1 rings (SSSR count). The van der Waals surface area contributed by atoms with E-state index in [0.717, 1.165) is 17.9 Å². The highest BCUT2D eigenvalue weighted by Gasteiger charge is 2.10. The van der Waals surface area contributed by atoms with E-state index in [1.807, 2.05) is 30.0 Å². The van der Waals surface area contributed by atoms with Crippen molar-refractivity contribution >= 4 is 17.7 Å². The second-order valence-electron chi connectivity index (χ2n) is 4.39. The third-order valence-electron chi connectivity index (χ3n) is 2.91. The zero-order valence-electron chi connectivity index (χ0n) is 11.1. The number of benzene rings is 1. The fraction of sp³-hybridized carbons (Fsp3) is 0.462. The van der Waals surface area contributed by atoms with Crippen molar-refractivity contribution in [2.24, 2.45) is 5.84 Å². The number of hydrogen-bond donors (Lipinski definition) is 2. The highest BCUT2D eigenvalue weighted by Crippen LogP contribution is 2.11. The van der Waals surface area contributed by atoms with Gasteiger partial charge in [-0.1, -0.05) is 12.1 Å². The maximum absolute atomic E-state index is 11.4. The van der Waals surface area contributed by atoms with Gasteiger partial charge in [0.1, 0.15) is 0 Å². The number of hydrazine groups is 1. The van der Waals surface area contributed by atoms with Crippen LogP contribution in [-0.2, 0) is 6.54 Å². The van der Waals surface area contributed by atoms with Crippen LogP contribution in [-0.4, -0.2) is 35.9 Å². The second-order valence-corrected chi connectivity index (χ2v) is 5.30. The van der Waals surface area contributed by atoms with E-state index >= 15 is 0 Å². The van der Waals surface area contributed by atoms with Crippen LogP contribution in [0.15, 0.2) is 24.3 Å². The predicted octanol–water partition coefficient (Wildman–Crippen LogP) is 1.47. The van der Waals surface area contributed by atoms with Gasteiger partial charge < -0.3 is 0 Å². The van der Waals surface area contributed by atoms with Crippen molar-refractivity contribution < 1.29 is 4.79 Å². The minimum atomic E-state index is -0.253. The predicted molar refractivity (Wildman–Crippen MR) is 77.4 cm³/mol. The van der Waals surface area contributed by atoms with Gasteiger partial charge in [0.2, 0.25) is 0 Å². The van der Waals surface area contributed by atoms with Crippen LogP contribution >= 0.6 is 11.8 Å². The van der Waals surface area contributed by atoms with Crippen LogP contribution in [0.3, 0.4) is 0 Å². The minimum Gasteiger partial charge on any atom is -0.299 e. The number of hydrogen-bond acceptors (Lipinski definition) is 4. The molecule has 0 heterocycles. The molecule has 3 N–H and O–H groups in total. The Balaban J connectivity index is 2.70. The molecular formula is C13H21N3OS. The summed E-state index contributed by atoms with van der Waals surface area (Å²) in [7, 11) is 2.09. The minimum absolute atomic E-state index is 0.253. The molecule has 1 amide bonds. The molecule has 0 bridgehead atoms. The first kappa shape index (κ1) is 15.0. The van der Waals surface area contributed by atoms with Gasteiger partial charge in [0.05, 0.1) is 0 Å². The number of nitrogens with zero attached hydrogens (tertiary/aromatic N) is 1. The smallest absolute Gasteiger partial charge is 0.265 e. The number of amides is 1. The van der Waals surface area contributed by atoms with Gasteiger partial charge >= 0.3 is 0 Å². The largest absolute Gasteiger partial charge is 0.299 e. The van der Waals surface area contributed by atoms with E-state index < -0.39 is 0 Å². The molecule has 1 aromatic rings. The third-order valence-corrected chi connectivity index (χ3v) is 3.73. The topological polar surface area (TPSA) is 58.4 Å². The number of carbonyl (C=O) groups is 1. The molecule has 1 unspecified atom stereocenters. The molecule has 0 aliphatic carbocycles. The van der Waals surface area contributed by atoms with E-state index in [4.69, 9.17) is 5.84 Å². The van der Waals surface area contributed by atoms with Gasteiger partial charge in [-0.05, 0) is 37.9 Å². The van der Waals surface area contributed by atoms with Crippen LogP contribution in [0.2, 0.25) is 0 Å². The monoisotopic (exact) mass is 267 g/mol. The van der Waals surface area contributed by atoms with Crippen molar-refractivity contribution in [3.63, 3.8) is 0 Å². The normalized spacial score (nSPS) is 12.5. The maximum Gasteiger partial charge on any atom is 0.265 e. The van der Waals surface area contributed by atoms with Crippen molar-refractivity contribution in [1.82, 2.24) is 10.3 Å². The molecule has 1 atom stereocenters. The summed E-state index contributed by atoms with van der Waals surface area (Å²) >= 11 is 1.84. The lowest BCUT2D eigenvalue weighted by molar-refractivity contribution is 0.0953. The zero-order chi connectivity index (χ0) is 13.5. The first-order valence-electron chi connectivity index (χ1n) is 5.87. The Bertz CT molecular complexity index is 398. The third kappa shape index (κ3) is 4.33. The highest BCUT2D eigenvalue weighted by molar-refractivity contribution is 7.98. The lowest BCUT2D eigenvalue weighted by atomic mass is 10.1. The fourth-order valence-electron chi connectivity index (χ4n) is 1.71. The maximum atomic E-state index is 11.4. The van der Waals surface area contributed by atoms with E-state index in [1.54, 1.807) is 6.07 Å². The van der Waals surface area contributed by atoms with E-state index in [0.29, 0.717) is 11.6 Å². The molecule has 0 saturated heterocycles. The van der Waals surface area contributed by atoms with Gasteiger partial charge in [0.25, 0.3) is 5.91 Å². The number of nitrogen functional groups attached to an aromatic ring is 1. The fourth-order valence-corrected chi connectivity index (χ4v) is 2.44. The lowest BCUT2D eigenvalue weighted by Gasteiger charge is -2.24. The molecule has 0 fully saturated rings. The molecule has 5 heteroatoms. The zero-order valence-corrected chi connectivity index (χ0v) is 12.0. The average Bonchev–Trinajstić information content (AvgIpc) is 2.38. The van der Waals surface area contributed by atoms with Crippen LogP contribution in [0.4, 0.5) is 0 Å². The Labute approximate surface area is 113 Å². The molecule has 4 nitrogen and oxygen atoms in total. The molecule has 100 valence electrons. The summed E-state index contributed by atoms with van der Waals surface area (Å²) in [5, 5.41) is 0. The highest BCUT2D eigenvalue weighted by atomic mass is 32.2. The van der Waals surface area contributed by atoms with Crippen LogP contribution in [0.1, 0.15) is 22.8 Å². The van der Waals surface area contributed by atoms with Gasteiger partial charge in [-0.25, -0.2) is 5.84 Å². The second kappa shape index (κ2) is 7.41. The van der Waals surface area contributed by atoms with E-state index in [9.17, 15) is 4.79 Å². The van der Waals surface area contributed by atoms with Gasteiger partial charge in [0, 0.05) is 23.9 Å². The number of carbonyl (C=O) groups excluding carboxylic acids is 1. The molecule has 1 aromatic carbocycles. The number of rotatable bonds is 6. The van der Waals surface area contributed by atoms with E-state index in [2.05, 4.69) is 30.6 Å². The van der Waals surface area contributed by atoms with Crippen LogP contribution in [0.5, 0.6) is 0 Å². The molecule has 0 aromatic heterocycles. The number of nitrogens with one attached hydrogen (secondary N) is 1. The Kier molecular flexibility index (Phi) is 6.18. The first-order chi connectivity index (χ1) is 8.58. The van der Waals surface area contributed by atoms with Gasteiger partial charge in [-0.15, -0.1) is 0 Å². The van der Waals surface area contributed by atoms with Crippen molar-refractivity contribution in [2.75, 3.05) is 19.1 Å². The molecule has 0 saturated carbocycles. The van der Waals surface area contributed by atoms with Crippen LogP contribution in [0.25, 0.3) is 0 Å². The van der Waals surface area contributed by atoms with Crippen molar-refractivity contribution in [3.8, 4) is 0 Å². The Morgan fingerprint density at radius 3 is 2.89 bits per heavy atom. The summed E-state index contributed by atoms with van der Waals surface area (Å²) in [6.45, 7) is 3.03. The molecule has 0 aliphatic heterocycles. The molecule has 0 aliphatic rings. The van der Waals surface area contributed by atoms with Gasteiger partial charge in [-0.3, -0.25) is 15.1 Å². The first-order valence-corrected chi connectivity index (χ1v) is 7.27. The molecule has 0 radical (unpaired) electrons. The van der Waals surface area contributed by atoms with Crippen molar-refractivity contribution in [3.05, 3.63) is 35.4 Å². The van der Waals surface area contributed by atoms with Crippen molar-refractivity contribution in [2.45, 2.75) is 19.5 Å².